The molecule has 0 saturated heterocycles. The van der Waals surface area contributed by atoms with Gasteiger partial charge in [0.2, 0.25) is 0 Å². The van der Waals surface area contributed by atoms with Crippen LogP contribution >= 0.6 is 0 Å². The molecule has 1 atom stereocenters. The summed E-state index contributed by atoms with van der Waals surface area (Å²) in [6, 6.07) is 15.5. The molecule has 0 bridgehead atoms. The highest BCUT2D eigenvalue weighted by Gasteiger charge is 2.19. The minimum absolute atomic E-state index is 0.117. The van der Waals surface area contributed by atoms with E-state index in [0.717, 1.165) is 5.56 Å². The lowest BCUT2D eigenvalue weighted by Gasteiger charge is -2.14. The normalized spacial score (nSPS) is 11.4. The Balaban J connectivity index is 1.77. The van der Waals surface area contributed by atoms with E-state index in [9.17, 15) is 9.59 Å². The maximum absolute atomic E-state index is 11.8. The van der Waals surface area contributed by atoms with Crippen molar-refractivity contribution in [3.63, 3.8) is 0 Å². The molecule has 7 nitrogen and oxygen atoms in total. The second kappa shape index (κ2) is 10.0. The quantitative estimate of drug-likeness (QED) is 0.672. The molecule has 0 spiro atoms. The molecule has 26 heavy (non-hydrogen) atoms. The van der Waals surface area contributed by atoms with Crippen molar-refractivity contribution in [3.05, 3.63) is 60.2 Å². The standard InChI is InChI=1S/C19H21NO6/c1-24-12-17(19(22)23)20-18(21)13-26-16-9-7-15(8-10-16)25-11-14-5-3-2-4-6-14/h2-10,17H,11-13H2,1H3,(H,20,21)(H,22,23). The molecule has 2 aromatic rings. The van der Waals surface area contributed by atoms with E-state index in [0.29, 0.717) is 18.1 Å². The highest BCUT2D eigenvalue weighted by Crippen LogP contribution is 2.18. The third-order valence-electron chi connectivity index (χ3n) is 3.41. The Labute approximate surface area is 151 Å². The Morgan fingerprint density at radius 1 is 1.00 bits per heavy atom. The smallest absolute Gasteiger partial charge is 0.328 e. The summed E-state index contributed by atoms with van der Waals surface area (Å²) in [7, 11) is 1.36. The second-order valence-electron chi connectivity index (χ2n) is 5.45. The summed E-state index contributed by atoms with van der Waals surface area (Å²) in [5, 5.41) is 11.3. The molecule has 2 aromatic carbocycles. The van der Waals surface area contributed by atoms with Crippen LogP contribution < -0.4 is 14.8 Å². The first-order valence-electron chi connectivity index (χ1n) is 7.99. The maximum Gasteiger partial charge on any atom is 0.328 e. The van der Waals surface area contributed by atoms with Gasteiger partial charge in [-0.15, -0.1) is 0 Å². The molecule has 1 unspecified atom stereocenters. The number of carboxylic acid groups (broad SMARTS) is 1. The Bertz CT molecular complexity index is 702. The molecule has 2 rings (SSSR count). The van der Waals surface area contributed by atoms with Gasteiger partial charge in [-0.05, 0) is 29.8 Å². The van der Waals surface area contributed by atoms with Crippen LogP contribution in [0.25, 0.3) is 0 Å². The van der Waals surface area contributed by atoms with Crippen LogP contribution in [0.1, 0.15) is 5.56 Å². The van der Waals surface area contributed by atoms with Crippen LogP contribution in [0.3, 0.4) is 0 Å². The molecule has 0 saturated carbocycles. The third-order valence-corrected chi connectivity index (χ3v) is 3.41. The fourth-order valence-corrected chi connectivity index (χ4v) is 2.10. The molecule has 1 amide bonds. The summed E-state index contributed by atoms with van der Waals surface area (Å²) < 4.78 is 15.8. The van der Waals surface area contributed by atoms with Crippen molar-refractivity contribution in [1.82, 2.24) is 5.32 Å². The van der Waals surface area contributed by atoms with Gasteiger partial charge in [0.1, 0.15) is 18.1 Å². The van der Waals surface area contributed by atoms with Crippen molar-refractivity contribution in [2.45, 2.75) is 12.6 Å². The van der Waals surface area contributed by atoms with Crippen LogP contribution in [0.5, 0.6) is 11.5 Å². The van der Waals surface area contributed by atoms with Crippen molar-refractivity contribution < 1.29 is 28.9 Å². The average molecular weight is 359 g/mol. The number of carboxylic acids is 1. The lowest BCUT2D eigenvalue weighted by Crippen LogP contribution is -2.45. The summed E-state index contributed by atoms with van der Waals surface area (Å²) in [5.41, 5.74) is 1.06. The van der Waals surface area contributed by atoms with E-state index in [1.807, 2.05) is 30.3 Å². The zero-order valence-corrected chi connectivity index (χ0v) is 14.4. The first-order chi connectivity index (χ1) is 12.6. The molecule has 0 aliphatic rings. The molecule has 2 N–H and O–H groups in total. The van der Waals surface area contributed by atoms with Crippen molar-refractivity contribution in [1.29, 1.82) is 0 Å². The highest BCUT2D eigenvalue weighted by molar-refractivity contribution is 5.84. The SMILES string of the molecule is COCC(NC(=O)COc1ccc(OCc2ccccc2)cc1)C(=O)O. The van der Waals surface area contributed by atoms with Gasteiger partial charge >= 0.3 is 5.97 Å². The molecule has 0 aromatic heterocycles. The number of amides is 1. The molecular weight excluding hydrogens is 338 g/mol. The predicted octanol–water partition coefficient (Wildman–Crippen LogP) is 1.86. The number of nitrogens with one attached hydrogen (secondary N) is 1. The van der Waals surface area contributed by atoms with Gasteiger partial charge in [0.25, 0.3) is 5.91 Å². The minimum atomic E-state index is -1.17. The van der Waals surface area contributed by atoms with Crippen molar-refractivity contribution in [2.75, 3.05) is 20.3 Å². The summed E-state index contributed by atoms with van der Waals surface area (Å²) in [4.78, 5) is 22.7. The van der Waals surface area contributed by atoms with E-state index >= 15 is 0 Å². The van der Waals surface area contributed by atoms with Gasteiger partial charge in [-0.25, -0.2) is 4.79 Å². The molecule has 0 aliphatic heterocycles. The van der Waals surface area contributed by atoms with Crippen LogP contribution in [0.15, 0.2) is 54.6 Å². The number of carbonyl (C=O) groups excluding carboxylic acids is 1. The Kier molecular flexibility index (Phi) is 7.45. The number of carbonyl (C=O) groups is 2. The first kappa shape index (κ1) is 19.3. The molecule has 0 aliphatic carbocycles. The first-order valence-corrected chi connectivity index (χ1v) is 7.99. The summed E-state index contributed by atoms with van der Waals surface area (Å²) in [5.74, 6) is -0.554. The van der Waals surface area contributed by atoms with Gasteiger partial charge in [-0.3, -0.25) is 4.79 Å². The Morgan fingerprint density at radius 3 is 2.19 bits per heavy atom. The largest absolute Gasteiger partial charge is 0.489 e. The average Bonchev–Trinajstić information content (AvgIpc) is 2.66. The monoisotopic (exact) mass is 359 g/mol. The van der Waals surface area contributed by atoms with Gasteiger partial charge < -0.3 is 24.6 Å². The number of hydrogen-bond donors (Lipinski definition) is 2. The van der Waals surface area contributed by atoms with E-state index in [-0.39, 0.29) is 13.2 Å². The maximum atomic E-state index is 11.8. The molecular formula is C19H21NO6. The van der Waals surface area contributed by atoms with Crippen LogP contribution in [0.4, 0.5) is 0 Å². The number of benzene rings is 2. The van der Waals surface area contributed by atoms with E-state index in [1.165, 1.54) is 7.11 Å². The summed E-state index contributed by atoms with van der Waals surface area (Å²) in [6.07, 6.45) is 0. The van der Waals surface area contributed by atoms with E-state index < -0.39 is 17.9 Å². The zero-order chi connectivity index (χ0) is 18.8. The van der Waals surface area contributed by atoms with Gasteiger partial charge in [-0.1, -0.05) is 30.3 Å². The van der Waals surface area contributed by atoms with E-state index in [4.69, 9.17) is 19.3 Å². The number of aliphatic carboxylic acids is 1. The fourth-order valence-electron chi connectivity index (χ4n) is 2.10. The van der Waals surface area contributed by atoms with Crippen LogP contribution in [0, 0.1) is 0 Å². The van der Waals surface area contributed by atoms with Crippen LogP contribution in [-0.2, 0) is 20.9 Å². The Hall–Kier alpha value is -3.06. The van der Waals surface area contributed by atoms with Crippen LogP contribution in [-0.4, -0.2) is 43.3 Å². The summed E-state index contributed by atoms with van der Waals surface area (Å²) in [6.45, 7) is 0.0474. The lowest BCUT2D eigenvalue weighted by molar-refractivity contribution is -0.143. The van der Waals surface area contributed by atoms with Gasteiger partial charge in [0.05, 0.1) is 6.61 Å². The Morgan fingerprint density at radius 2 is 1.62 bits per heavy atom. The molecule has 138 valence electrons. The third kappa shape index (κ3) is 6.45. The topological polar surface area (TPSA) is 94.1 Å². The summed E-state index contributed by atoms with van der Waals surface area (Å²) >= 11 is 0. The molecule has 0 fully saturated rings. The number of ether oxygens (including phenoxy) is 3. The van der Waals surface area contributed by atoms with Crippen molar-refractivity contribution in [2.24, 2.45) is 0 Å². The van der Waals surface area contributed by atoms with E-state index in [1.54, 1.807) is 24.3 Å². The molecule has 7 heteroatoms. The highest BCUT2D eigenvalue weighted by atomic mass is 16.5. The van der Waals surface area contributed by atoms with Crippen molar-refractivity contribution in [3.8, 4) is 11.5 Å². The zero-order valence-electron chi connectivity index (χ0n) is 14.4. The predicted molar refractivity (Wildman–Crippen MR) is 94.2 cm³/mol. The number of methoxy groups -OCH3 is 1. The number of rotatable bonds is 10. The second-order valence-corrected chi connectivity index (χ2v) is 5.45. The van der Waals surface area contributed by atoms with Crippen molar-refractivity contribution >= 4 is 11.9 Å². The van der Waals surface area contributed by atoms with E-state index in [2.05, 4.69) is 5.32 Å². The van der Waals surface area contributed by atoms with Gasteiger partial charge in [-0.2, -0.15) is 0 Å². The van der Waals surface area contributed by atoms with Gasteiger partial charge in [0.15, 0.2) is 12.6 Å². The minimum Gasteiger partial charge on any atom is -0.489 e. The van der Waals surface area contributed by atoms with Crippen LogP contribution in [0.2, 0.25) is 0 Å². The number of hydrogen-bond acceptors (Lipinski definition) is 5. The lowest BCUT2D eigenvalue weighted by atomic mass is 10.2. The molecule has 0 heterocycles. The fraction of sp³-hybridized carbons (Fsp3) is 0.263. The molecule has 0 radical (unpaired) electrons. The van der Waals surface area contributed by atoms with Gasteiger partial charge in [0, 0.05) is 7.11 Å².